The molecule has 1 amide bonds. The predicted octanol–water partition coefficient (Wildman–Crippen LogP) is 2.38. The summed E-state index contributed by atoms with van der Waals surface area (Å²) in [4.78, 5) is 12.9. The van der Waals surface area contributed by atoms with E-state index in [4.69, 9.17) is 4.74 Å². The number of anilines is 1. The first-order valence-corrected chi connectivity index (χ1v) is 9.82. The topological polar surface area (TPSA) is 81.1 Å². The van der Waals surface area contributed by atoms with Gasteiger partial charge in [0.1, 0.15) is 11.4 Å². The second kappa shape index (κ2) is 7.78. The van der Waals surface area contributed by atoms with Gasteiger partial charge in [0, 0.05) is 31.3 Å². The molecule has 7 nitrogen and oxygen atoms in total. The molecule has 1 aromatic carbocycles. The van der Waals surface area contributed by atoms with Crippen LogP contribution in [-0.2, 0) is 22.5 Å². The molecular weight excluding hydrogens is 342 g/mol. The highest BCUT2D eigenvalue weighted by molar-refractivity contribution is 5.97. The smallest absolute Gasteiger partial charge is 0.256 e. The normalized spacial score (nSPS) is 19.1. The number of benzene rings is 1. The van der Waals surface area contributed by atoms with Gasteiger partial charge in [0.05, 0.1) is 0 Å². The number of hydrogen-bond donors (Lipinski definition) is 2. The molecular formula is C20H27N5O2. The first kappa shape index (κ1) is 18.1. The van der Waals surface area contributed by atoms with Crippen molar-refractivity contribution in [3.63, 3.8) is 0 Å². The Morgan fingerprint density at radius 1 is 1.22 bits per heavy atom. The van der Waals surface area contributed by atoms with E-state index in [0.717, 1.165) is 55.4 Å². The van der Waals surface area contributed by atoms with Gasteiger partial charge >= 0.3 is 0 Å². The minimum atomic E-state index is -0.757. The minimum Gasteiger partial charge on any atom is -0.368 e. The summed E-state index contributed by atoms with van der Waals surface area (Å²) in [6.07, 6.45) is 5.88. The summed E-state index contributed by atoms with van der Waals surface area (Å²) < 4.78 is 7.84. The number of ether oxygens (including phenoxy) is 1. The van der Waals surface area contributed by atoms with Crippen molar-refractivity contribution >= 4 is 11.6 Å². The zero-order chi connectivity index (χ0) is 18.7. The first-order chi connectivity index (χ1) is 13.2. The molecule has 0 bridgehead atoms. The number of carbonyl (C=O) groups excluding carboxylic acids is 1. The Bertz CT molecular complexity index is 810. The second-order valence-corrected chi connectivity index (χ2v) is 7.39. The van der Waals surface area contributed by atoms with Crippen LogP contribution in [0.5, 0.6) is 0 Å². The van der Waals surface area contributed by atoms with Crippen molar-refractivity contribution < 1.29 is 9.53 Å². The summed E-state index contributed by atoms with van der Waals surface area (Å²) in [6.45, 7) is 2.52. The molecule has 4 rings (SSSR count). The van der Waals surface area contributed by atoms with Crippen LogP contribution >= 0.6 is 0 Å². The molecule has 2 aliphatic rings. The van der Waals surface area contributed by atoms with Crippen LogP contribution in [0.1, 0.15) is 37.9 Å². The van der Waals surface area contributed by atoms with Gasteiger partial charge in [-0.15, -0.1) is 10.2 Å². The number of fused-ring (bicyclic) bond motifs is 1. The Labute approximate surface area is 159 Å². The van der Waals surface area contributed by atoms with Gasteiger partial charge in [-0.1, -0.05) is 18.6 Å². The average molecular weight is 369 g/mol. The molecule has 7 heteroatoms. The van der Waals surface area contributed by atoms with Crippen LogP contribution in [0.2, 0.25) is 0 Å². The molecule has 27 heavy (non-hydrogen) atoms. The Hall–Kier alpha value is -2.25. The molecule has 144 valence electrons. The number of hydrogen-bond acceptors (Lipinski definition) is 5. The molecule has 1 fully saturated rings. The molecule has 3 heterocycles. The molecule has 2 N–H and O–H groups in total. The van der Waals surface area contributed by atoms with Crippen molar-refractivity contribution in [3.05, 3.63) is 30.1 Å². The minimum absolute atomic E-state index is 0.0799. The maximum atomic E-state index is 12.9. The van der Waals surface area contributed by atoms with Gasteiger partial charge < -0.3 is 19.9 Å². The number of aromatic nitrogens is 3. The van der Waals surface area contributed by atoms with Crippen molar-refractivity contribution in [1.29, 1.82) is 0 Å². The van der Waals surface area contributed by atoms with Crippen molar-refractivity contribution in [2.45, 2.75) is 50.7 Å². The van der Waals surface area contributed by atoms with E-state index < -0.39 is 5.60 Å². The number of nitrogens with zero attached hydrogens (tertiary/aromatic N) is 3. The third kappa shape index (κ3) is 3.61. The number of aryl methyl sites for hydroxylation is 1. The van der Waals surface area contributed by atoms with Crippen molar-refractivity contribution in [1.82, 2.24) is 20.1 Å². The third-order valence-corrected chi connectivity index (χ3v) is 5.70. The van der Waals surface area contributed by atoms with Crippen molar-refractivity contribution in [2.75, 3.05) is 25.5 Å². The largest absolute Gasteiger partial charge is 0.368 e. The van der Waals surface area contributed by atoms with Crippen LogP contribution in [0.15, 0.2) is 24.3 Å². The van der Waals surface area contributed by atoms with Gasteiger partial charge in [-0.2, -0.15) is 0 Å². The molecule has 2 aromatic rings. The van der Waals surface area contributed by atoms with E-state index in [1.807, 2.05) is 24.3 Å². The predicted molar refractivity (Wildman–Crippen MR) is 103 cm³/mol. The summed E-state index contributed by atoms with van der Waals surface area (Å²) in [7, 11) is 1.62. The molecule has 0 atom stereocenters. The van der Waals surface area contributed by atoms with Crippen molar-refractivity contribution in [2.24, 2.45) is 0 Å². The highest BCUT2D eigenvalue weighted by atomic mass is 16.5. The zero-order valence-electron chi connectivity index (χ0n) is 15.8. The lowest BCUT2D eigenvalue weighted by atomic mass is 9.91. The fourth-order valence-corrected chi connectivity index (χ4v) is 4.03. The summed E-state index contributed by atoms with van der Waals surface area (Å²) in [5, 5.41) is 15.1. The quantitative estimate of drug-likeness (QED) is 0.865. The maximum absolute atomic E-state index is 12.9. The van der Waals surface area contributed by atoms with Gasteiger partial charge in [0.25, 0.3) is 5.91 Å². The van der Waals surface area contributed by atoms with Crippen LogP contribution in [0.4, 0.5) is 5.69 Å². The number of nitrogens with one attached hydrogen (secondary N) is 2. The number of rotatable bonds is 4. The standard InChI is InChI=1S/C20H27N5O2/c1-27-20(9-11-21-12-10-20)19(26)22-16-7-5-6-15(14-16)18-24-23-17-8-3-2-4-13-25(17)18/h5-7,14,21H,2-4,8-13H2,1H3,(H,22,26). The Balaban J connectivity index is 1.56. The molecule has 0 unspecified atom stereocenters. The van der Waals surface area contributed by atoms with Gasteiger partial charge in [0.15, 0.2) is 5.82 Å². The van der Waals surface area contributed by atoms with E-state index in [1.165, 1.54) is 12.8 Å². The third-order valence-electron chi connectivity index (χ3n) is 5.70. The molecule has 1 aromatic heterocycles. The van der Waals surface area contributed by atoms with Crippen LogP contribution in [0.3, 0.4) is 0 Å². The van der Waals surface area contributed by atoms with Gasteiger partial charge in [-0.05, 0) is 50.9 Å². The summed E-state index contributed by atoms with van der Waals surface area (Å²) in [5.74, 6) is 1.86. The van der Waals surface area contributed by atoms with E-state index in [0.29, 0.717) is 12.8 Å². The highest BCUT2D eigenvalue weighted by Crippen LogP contribution is 2.27. The van der Waals surface area contributed by atoms with Crippen LogP contribution < -0.4 is 10.6 Å². The van der Waals surface area contributed by atoms with Crippen molar-refractivity contribution in [3.8, 4) is 11.4 Å². The Morgan fingerprint density at radius 3 is 2.89 bits per heavy atom. The molecule has 2 aliphatic heterocycles. The Kier molecular flexibility index (Phi) is 5.22. The highest BCUT2D eigenvalue weighted by Gasteiger charge is 2.39. The molecule has 0 saturated carbocycles. The molecule has 0 spiro atoms. The summed E-state index contributed by atoms with van der Waals surface area (Å²) in [6, 6.07) is 7.86. The van der Waals surface area contributed by atoms with Crippen LogP contribution in [0, 0.1) is 0 Å². The van der Waals surface area contributed by atoms with Gasteiger partial charge in [-0.25, -0.2) is 0 Å². The van der Waals surface area contributed by atoms with E-state index in [2.05, 4.69) is 25.4 Å². The summed E-state index contributed by atoms with van der Waals surface area (Å²) in [5.41, 5.74) is 0.983. The van der Waals surface area contributed by atoms with Gasteiger partial charge in [0.2, 0.25) is 0 Å². The molecule has 0 aliphatic carbocycles. The van der Waals surface area contributed by atoms with Gasteiger partial charge in [-0.3, -0.25) is 4.79 Å². The monoisotopic (exact) mass is 369 g/mol. The number of methoxy groups -OCH3 is 1. The van der Waals surface area contributed by atoms with Crippen LogP contribution in [-0.4, -0.2) is 46.5 Å². The average Bonchev–Trinajstić information content (AvgIpc) is 2.97. The first-order valence-electron chi connectivity index (χ1n) is 9.82. The fourth-order valence-electron chi connectivity index (χ4n) is 4.03. The van der Waals surface area contributed by atoms with E-state index >= 15 is 0 Å². The van der Waals surface area contributed by atoms with Crippen LogP contribution in [0.25, 0.3) is 11.4 Å². The summed E-state index contributed by atoms with van der Waals surface area (Å²) >= 11 is 0. The van der Waals surface area contributed by atoms with E-state index in [-0.39, 0.29) is 5.91 Å². The zero-order valence-corrected chi connectivity index (χ0v) is 15.8. The van der Waals surface area contributed by atoms with E-state index in [1.54, 1.807) is 7.11 Å². The number of carbonyl (C=O) groups is 1. The molecule has 0 radical (unpaired) electrons. The number of amides is 1. The molecule has 1 saturated heterocycles. The SMILES string of the molecule is COC1(C(=O)Nc2cccc(-c3nnc4n3CCCCC4)c2)CCNCC1. The van der Waals surface area contributed by atoms with E-state index in [9.17, 15) is 4.79 Å². The Morgan fingerprint density at radius 2 is 2.07 bits per heavy atom. The second-order valence-electron chi connectivity index (χ2n) is 7.39. The number of piperidine rings is 1. The maximum Gasteiger partial charge on any atom is 0.256 e. The lowest BCUT2D eigenvalue weighted by molar-refractivity contribution is -0.140. The fraction of sp³-hybridized carbons (Fsp3) is 0.550. The lowest BCUT2D eigenvalue weighted by Gasteiger charge is -2.34. The lowest BCUT2D eigenvalue weighted by Crippen LogP contribution is -2.51.